The second-order valence-electron chi connectivity index (χ2n) is 4.98. The zero-order chi connectivity index (χ0) is 15.3. The molecule has 1 aliphatic rings. The highest BCUT2D eigenvalue weighted by Crippen LogP contribution is 2.26. The van der Waals surface area contributed by atoms with Crippen molar-refractivity contribution in [1.82, 2.24) is 10.3 Å². The molecule has 118 valence electrons. The van der Waals surface area contributed by atoms with Crippen molar-refractivity contribution in [2.24, 2.45) is 0 Å². The highest BCUT2D eigenvalue weighted by Gasteiger charge is 2.33. The number of hydrogen-bond donors (Lipinski definition) is 1. The molecule has 1 atom stereocenters. The van der Waals surface area contributed by atoms with E-state index in [0.717, 1.165) is 36.8 Å². The van der Waals surface area contributed by atoms with E-state index in [1.54, 1.807) is 18.7 Å². The Balaban J connectivity index is 2.17. The number of hydrogen-bond acceptors (Lipinski definition) is 6. The van der Waals surface area contributed by atoms with Gasteiger partial charge in [-0.2, -0.15) is 11.8 Å². The minimum atomic E-state index is -3.09. The van der Waals surface area contributed by atoms with E-state index in [4.69, 9.17) is 0 Å². The van der Waals surface area contributed by atoms with Crippen LogP contribution in [-0.4, -0.2) is 49.1 Å². The Morgan fingerprint density at radius 1 is 1.43 bits per heavy atom. The van der Waals surface area contributed by atoms with Crippen LogP contribution in [0.1, 0.15) is 19.4 Å². The van der Waals surface area contributed by atoms with Gasteiger partial charge in [-0.25, -0.2) is 13.4 Å². The average molecular weight is 329 g/mol. The van der Waals surface area contributed by atoms with Crippen LogP contribution in [0.25, 0.3) is 0 Å². The molecule has 0 amide bonds. The van der Waals surface area contributed by atoms with Crippen LogP contribution in [0.5, 0.6) is 0 Å². The fourth-order valence-corrected chi connectivity index (χ4v) is 5.27. The van der Waals surface area contributed by atoms with Crippen molar-refractivity contribution in [3.05, 3.63) is 23.9 Å². The minimum absolute atomic E-state index is 0.174. The van der Waals surface area contributed by atoms with Gasteiger partial charge in [0.25, 0.3) is 0 Å². The summed E-state index contributed by atoms with van der Waals surface area (Å²) in [7, 11) is -3.09. The third kappa shape index (κ3) is 4.11. The van der Waals surface area contributed by atoms with Crippen molar-refractivity contribution >= 4 is 27.4 Å². The van der Waals surface area contributed by atoms with Gasteiger partial charge in [0.2, 0.25) is 0 Å². The van der Waals surface area contributed by atoms with Crippen molar-refractivity contribution in [3.63, 3.8) is 0 Å². The first-order valence-corrected chi connectivity index (χ1v) is 10.2. The Bertz CT molecular complexity index is 546. The monoisotopic (exact) mass is 329 g/mol. The lowest BCUT2D eigenvalue weighted by atomic mass is 10.2. The molecule has 21 heavy (non-hydrogen) atoms. The van der Waals surface area contributed by atoms with E-state index in [1.807, 2.05) is 23.2 Å². The van der Waals surface area contributed by atoms with Crippen LogP contribution in [0.4, 0.5) is 5.82 Å². The fraction of sp³-hybridized carbons (Fsp3) is 0.643. The zero-order valence-corrected chi connectivity index (χ0v) is 14.2. The number of pyridine rings is 1. The van der Waals surface area contributed by atoms with Gasteiger partial charge >= 0.3 is 0 Å². The maximum atomic E-state index is 12.3. The molecule has 0 radical (unpaired) electrons. The summed E-state index contributed by atoms with van der Waals surface area (Å²) >= 11 is 1.70. The summed E-state index contributed by atoms with van der Waals surface area (Å²) in [5, 5.41) is 2.80. The summed E-state index contributed by atoms with van der Waals surface area (Å²) in [4.78, 5) is 6.40. The van der Waals surface area contributed by atoms with Crippen LogP contribution in [0.2, 0.25) is 0 Å². The Labute approximate surface area is 131 Å². The number of nitrogens with one attached hydrogen (secondary N) is 1. The standard InChI is InChI=1S/C14H23N3O2S2/c1-3-15-9-12-5-6-13(16-10-12)17-7-8-20-11-14(17)21(18,19)4-2/h5-6,10,14-15H,3-4,7-9,11H2,1-2H3. The Morgan fingerprint density at radius 3 is 2.86 bits per heavy atom. The average Bonchev–Trinajstić information content (AvgIpc) is 2.53. The largest absolute Gasteiger partial charge is 0.338 e. The topological polar surface area (TPSA) is 62.3 Å². The van der Waals surface area contributed by atoms with Gasteiger partial charge in [-0.15, -0.1) is 0 Å². The zero-order valence-electron chi connectivity index (χ0n) is 12.6. The highest BCUT2D eigenvalue weighted by atomic mass is 32.2. The second kappa shape index (κ2) is 7.47. The predicted molar refractivity (Wildman–Crippen MR) is 89.5 cm³/mol. The molecular formula is C14H23N3O2S2. The molecule has 1 fully saturated rings. The first kappa shape index (κ1) is 16.6. The van der Waals surface area contributed by atoms with Crippen LogP contribution in [0.15, 0.2) is 18.3 Å². The Hall–Kier alpha value is -0.790. The third-order valence-electron chi connectivity index (χ3n) is 3.58. The summed E-state index contributed by atoms with van der Waals surface area (Å²) in [6.07, 6.45) is 1.83. The first-order valence-electron chi connectivity index (χ1n) is 7.30. The number of sulfone groups is 1. The van der Waals surface area contributed by atoms with Gasteiger partial charge in [0.15, 0.2) is 9.84 Å². The van der Waals surface area contributed by atoms with Crippen LogP contribution < -0.4 is 10.2 Å². The lowest BCUT2D eigenvalue weighted by Crippen LogP contribution is -2.48. The van der Waals surface area contributed by atoms with Crippen LogP contribution >= 0.6 is 11.8 Å². The van der Waals surface area contributed by atoms with Crippen molar-refractivity contribution in [3.8, 4) is 0 Å². The molecule has 1 aromatic rings. The molecule has 0 aromatic carbocycles. The fourth-order valence-electron chi connectivity index (χ4n) is 2.29. The molecule has 2 rings (SSSR count). The third-order valence-corrected chi connectivity index (χ3v) is 6.87. The van der Waals surface area contributed by atoms with Gasteiger partial charge in [0, 0.05) is 36.5 Å². The number of thioether (sulfide) groups is 1. The molecule has 5 nitrogen and oxygen atoms in total. The smallest absolute Gasteiger partial charge is 0.171 e. The van der Waals surface area contributed by atoms with E-state index in [-0.39, 0.29) is 5.75 Å². The van der Waals surface area contributed by atoms with Crippen molar-refractivity contribution in [2.45, 2.75) is 25.8 Å². The van der Waals surface area contributed by atoms with Gasteiger partial charge in [-0.3, -0.25) is 0 Å². The molecule has 0 saturated carbocycles. The first-order chi connectivity index (χ1) is 10.1. The Kier molecular flexibility index (Phi) is 5.89. The Morgan fingerprint density at radius 2 is 2.24 bits per heavy atom. The van der Waals surface area contributed by atoms with Crippen LogP contribution in [-0.2, 0) is 16.4 Å². The van der Waals surface area contributed by atoms with Crippen LogP contribution in [0, 0.1) is 0 Å². The molecule has 2 heterocycles. The molecular weight excluding hydrogens is 306 g/mol. The summed E-state index contributed by atoms with van der Waals surface area (Å²) < 4.78 is 24.5. The van der Waals surface area contributed by atoms with E-state index in [0.29, 0.717) is 5.75 Å². The van der Waals surface area contributed by atoms with Crippen LogP contribution in [0.3, 0.4) is 0 Å². The molecule has 0 spiro atoms. The summed E-state index contributed by atoms with van der Waals surface area (Å²) in [6, 6.07) is 3.95. The maximum Gasteiger partial charge on any atom is 0.171 e. The maximum absolute atomic E-state index is 12.3. The van der Waals surface area contributed by atoms with Crippen molar-refractivity contribution < 1.29 is 8.42 Å². The predicted octanol–water partition coefficient (Wildman–Crippen LogP) is 1.51. The normalized spacial score (nSPS) is 19.7. The lowest BCUT2D eigenvalue weighted by Gasteiger charge is -2.35. The van der Waals surface area contributed by atoms with E-state index in [2.05, 4.69) is 17.2 Å². The molecule has 1 aliphatic heterocycles. The van der Waals surface area contributed by atoms with E-state index >= 15 is 0 Å². The van der Waals surface area contributed by atoms with Gasteiger partial charge in [0.05, 0.1) is 0 Å². The van der Waals surface area contributed by atoms with E-state index in [9.17, 15) is 8.42 Å². The SMILES string of the molecule is CCNCc1ccc(N2CCSCC2S(=O)(=O)CC)nc1. The molecule has 0 aliphatic carbocycles. The molecule has 1 saturated heterocycles. The van der Waals surface area contributed by atoms with Crippen molar-refractivity contribution in [2.75, 3.05) is 35.2 Å². The quantitative estimate of drug-likeness (QED) is 0.853. The highest BCUT2D eigenvalue weighted by molar-refractivity contribution is 8.01. The minimum Gasteiger partial charge on any atom is -0.338 e. The number of nitrogens with zero attached hydrogens (tertiary/aromatic N) is 2. The summed E-state index contributed by atoms with van der Waals surface area (Å²) in [5.41, 5.74) is 1.11. The summed E-state index contributed by atoms with van der Waals surface area (Å²) in [6.45, 7) is 6.21. The molecule has 1 N–H and O–H groups in total. The number of anilines is 1. The summed E-state index contributed by atoms with van der Waals surface area (Å²) in [5.74, 6) is 2.50. The van der Waals surface area contributed by atoms with E-state index < -0.39 is 15.2 Å². The van der Waals surface area contributed by atoms with Gasteiger partial charge in [-0.1, -0.05) is 19.9 Å². The van der Waals surface area contributed by atoms with Gasteiger partial charge in [-0.05, 0) is 18.2 Å². The number of aromatic nitrogens is 1. The molecule has 0 bridgehead atoms. The molecule has 1 aromatic heterocycles. The van der Waals surface area contributed by atoms with Gasteiger partial charge in [0.1, 0.15) is 11.2 Å². The lowest BCUT2D eigenvalue weighted by molar-refractivity contribution is 0.579. The number of rotatable bonds is 6. The molecule has 1 unspecified atom stereocenters. The molecule has 7 heteroatoms. The second-order valence-corrected chi connectivity index (χ2v) is 8.58. The van der Waals surface area contributed by atoms with Crippen molar-refractivity contribution in [1.29, 1.82) is 0 Å². The van der Waals surface area contributed by atoms with Gasteiger partial charge < -0.3 is 10.2 Å². The van der Waals surface area contributed by atoms with E-state index in [1.165, 1.54) is 0 Å².